The molecule has 0 amide bonds. The Hall–Kier alpha value is -3.67. The lowest BCUT2D eigenvalue weighted by molar-refractivity contribution is 0.0729. The third-order valence-corrected chi connectivity index (χ3v) is 3.50. The molecule has 3 aromatic rings. The van der Waals surface area contributed by atoms with Gasteiger partial charge in [0.25, 0.3) is 0 Å². The number of phenolic OH excluding ortho intramolecular Hbond substituents is 1. The molecule has 0 saturated heterocycles. The van der Waals surface area contributed by atoms with Crippen LogP contribution in [0.4, 0.5) is 5.69 Å². The Morgan fingerprint density at radius 2 is 1.88 bits per heavy atom. The van der Waals surface area contributed by atoms with Crippen molar-refractivity contribution in [1.29, 1.82) is 0 Å². The van der Waals surface area contributed by atoms with Crippen LogP contribution in [0.2, 0.25) is 0 Å². The zero-order valence-corrected chi connectivity index (χ0v) is 14.0. The van der Waals surface area contributed by atoms with Crippen molar-refractivity contribution in [2.45, 2.75) is 0 Å². The average Bonchev–Trinajstić information content (AvgIpc) is 2.68. The number of carbonyl (C=O) groups excluding carboxylic acids is 1. The molecule has 0 aliphatic heterocycles. The molecule has 0 unspecified atom stereocenters. The van der Waals surface area contributed by atoms with Crippen molar-refractivity contribution in [3.05, 3.63) is 78.1 Å². The maximum Gasteiger partial charge on any atom is 0.343 e. The predicted octanol–water partition coefficient (Wildman–Crippen LogP) is 3.77. The highest BCUT2D eigenvalue weighted by Gasteiger charge is 2.12. The number of aromatic hydroxyl groups is 1. The number of ether oxygens (including phenoxy) is 2. The van der Waals surface area contributed by atoms with E-state index in [-0.39, 0.29) is 5.75 Å². The third kappa shape index (κ3) is 4.24. The van der Waals surface area contributed by atoms with Gasteiger partial charge in [0.05, 0.1) is 18.4 Å². The SMILES string of the molecule is COc1cc(C=Nc2cccc(O)c2)ccc1OC(=O)c1ccncc1. The second-order valence-corrected chi connectivity index (χ2v) is 5.31. The molecule has 26 heavy (non-hydrogen) atoms. The molecule has 3 rings (SSSR count). The van der Waals surface area contributed by atoms with Gasteiger partial charge in [-0.1, -0.05) is 6.07 Å². The van der Waals surface area contributed by atoms with Crippen LogP contribution in [0.3, 0.4) is 0 Å². The fraction of sp³-hybridized carbons (Fsp3) is 0.0500. The van der Waals surface area contributed by atoms with Crippen LogP contribution >= 0.6 is 0 Å². The highest BCUT2D eigenvalue weighted by atomic mass is 16.6. The van der Waals surface area contributed by atoms with E-state index in [4.69, 9.17) is 9.47 Å². The summed E-state index contributed by atoms with van der Waals surface area (Å²) in [5.74, 6) is 0.374. The topological polar surface area (TPSA) is 81.0 Å². The average molecular weight is 348 g/mol. The monoisotopic (exact) mass is 348 g/mol. The van der Waals surface area contributed by atoms with Gasteiger partial charge >= 0.3 is 5.97 Å². The van der Waals surface area contributed by atoms with E-state index in [1.165, 1.54) is 19.5 Å². The van der Waals surface area contributed by atoms with Crippen LogP contribution in [0.15, 0.2) is 72.0 Å². The Balaban J connectivity index is 1.78. The molecule has 0 aliphatic carbocycles. The molecule has 1 N–H and O–H groups in total. The number of rotatable bonds is 5. The molecule has 0 bridgehead atoms. The fourth-order valence-electron chi connectivity index (χ4n) is 2.22. The first-order chi connectivity index (χ1) is 12.7. The Morgan fingerprint density at radius 1 is 1.08 bits per heavy atom. The number of carbonyl (C=O) groups is 1. The van der Waals surface area contributed by atoms with Crippen molar-refractivity contribution in [1.82, 2.24) is 4.98 Å². The number of aromatic nitrogens is 1. The molecule has 0 spiro atoms. The van der Waals surface area contributed by atoms with Gasteiger partial charge < -0.3 is 14.6 Å². The summed E-state index contributed by atoms with van der Waals surface area (Å²) in [6, 6.07) is 14.9. The fourth-order valence-corrected chi connectivity index (χ4v) is 2.22. The van der Waals surface area contributed by atoms with E-state index in [2.05, 4.69) is 9.98 Å². The maximum absolute atomic E-state index is 12.2. The molecule has 6 nitrogen and oxygen atoms in total. The minimum absolute atomic E-state index is 0.149. The molecule has 0 saturated carbocycles. The quantitative estimate of drug-likeness (QED) is 0.431. The van der Waals surface area contributed by atoms with Gasteiger partial charge in [0, 0.05) is 24.7 Å². The van der Waals surface area contributed by atoms with Crippen molar-refractivity contribution in [2.24, 2.45) is 4.99 Å². The Morgan fingerprint density at radius 3 is 2.62 bits per heavy atom. The van der Waals surface area contributed by atoms with Crippen molar-refractivity contribution < 1.29 is 19.4 Å². The Labute approximate surface area is 150 Å². The summed E-state index contributed by atoms with van der Waals surface area (Å²) in [5, 5.41) is 9.46. The van der Waals surface area contributed by atoms with Gasteiger partial charge in [-0.25, -0.2) is 4.79 Å². The van der Waals surface area contributed by atoms with E-state index in [0.29, 0.717) is 22.7 Å². The first-order valence-corrected chi connectivity index (χ1v) is 7.79. The first-order valence-electron chi connectivity index (χ1n) is 7.79. The molecular formula is C20H16N2O4. The number of nitrogens with zero attached hydrogens (tertiary/aromatic N) is 2. The smallest absolute Gasteiger partial charge is 0.343 e. The van der Waals surface area contributed by atoms with Crippen molar-refractivity contribution in [3.8, 4) is 17.2 Å². The van der Waals surface area contributed by atoms with Crippen LogP contribution < -0.4 is 9.47 Å². The number of pyridine rings is 1. The van der Waals surface area contributed by atoms with Gasteiger partial charge in [-0.05, 0) is 48.0 Å². The molecular weight excluding hydrogens is 332 g/mol. The van der Waals surface area contributed by atoms with E-state index >= 15 is 0 Å². The second kappa shape index (κ2) is 7.94. The van der Waals surface area contributed by atoms with E-state index < -0.39 is 5.97 Å². The van der Waals surface area contributed by atoms with Crippen LogP contribution in [0.1, 0.15) is 15.9 Å². The summed E-state index contributed by atoms with van der Waals surface area (Å²) < 4.78 is 10.7. The Kier molecular flexibility index (Phi) is 5.24. The normalized spacial score (nSPS) is 10.7. The number of hydrogen-bond acceptors (Lipinski definition) is 6. The molecule has 0 radical (unpaired) electrons. The van der Waals surface area contributed by atoms with Crippen molar-refractivity contribution in [3.63, 3.8) is 0 Å². The van der Waals surface area contributed by atoms with Gasteiger partial charge in [0.15, 0.2) is 11.5 Å². The standard InChI is InChI=1S/C20H16N2O4/c1-25-19-11-14(13-22-16-3-2-4-17(23)12-16)5-6-18(19)26-20(24)15-7-9-21-10-8-15/h2-13,23H,1H3. The predicted molar refractivity (Wildman–Crippen MR) is 97.6 cm³/mol. The minimum atomic E-state index is -0.494. The van der Waals surface area contributed by atoms with Gasteiger partial charge in [-0.15, -0.1) is 0 Å². The summed E-state index contributed by atoms with van der Waals surface area (Å²) in [7, 11) is 1.50. The van der Waals surface area contributed by atoms with Crippen LogP contribution in [0.5, 0.6) is 17.2 Å². The van der Waals surface area contributed by atoms with E-state index in [1.54, 1.807) is 60.8 Å². The highest BCUT2D eigenvalue weighted by Crippen LogP contribution is 2.28. The first kappa shape index (κ1) is 17.2. The van der Waals surface area contributed by atoms with Gasteiger partial charge in [-0.3, -0.25) is 9.98 Å². The second-order valence-electron chi connectivity index (χ2n) is 5.31. The van der Waals surface area contributed by atoms with Crippen molar-refractivity contribution in [2.75, 3.05) is 7.11 Å². The van der Waals surface area contributed by atoms with Crippen LogP contribution in [-0.4, -0.2) is 29.4 Å². The molecule has 6 heteroatoms. The summed E-state index contributed by atoms with van der Waals surface area (Å²) in [6.45, 7) is 0. The number of benzene rings is 2. The van der Waals surface area contributed by atoms with Gasteiger partial charge in [0.1, 0.15) is 5.75 Å². The number of esters is 1. The van der Waals surface area contributed by atoms with Gasteiger partial charge in [0.2, 0.25) is 0 Å². The molecule has 130 valence electrons. The number of hydrogen-bond donors (Lipinski definition) is 1. The van der Waals surface area contributed by atoms with Gasteiger partial charge in [-0.2, -0.15) is 0 Å². The summed E-state index contributed by atoms with van der Waals surface area (Å²) in [6.07, 6.45) is 4.68. The lowest BCUT2D eigenvalue weighted by Crippen LogP contribution is -2.09. The molecule has 0 fully saturated rings. The number of aliphatic imine (C=N–C) groups is 1. The number of methoxy groups -OCH3 is 1. The molecule has 2 aromatic carbocycles. The largest absolute Gasteiger partial charge is 0.508 e. The van der Waals surface area contributed by atoms with Crippen LogP contribution in [-0.2, 0) is 0 Å². The molecule has 1 heterocycles. The summed E-state index contributed by atoms with van der Waals surface area (Å²) in [5.41, 5.74) is 1.78. The van der Waals surface area contributed by atoms with E-state index in [0.717, 1.165) is 5.56 Å². The molecule has 1 aromatic heterocycles. The third-order valence-electron chi connectivity index (χ3n) is 3.50. The zero-order valence-electron chi connectivity index (χ0n) is 14.0. The van der Waals surface area contributed by atoms with Crippen molar-refractivity contribution >= 4 is 17.9 Å². The van der Waals surface area contributed by atoms with E-state index in [9.17, 15) is 9.90 Å². The van der Waals surface area contributed by atoms with Crippen LogP contribution in [0, 0.1) is 0 Å². The highest BCUT2D eigenvalue weighted by molar-refractivity contribution is 5.91. The number of phenols is 1. The Bertz CT molecular complexity index is 940. The summed E-state index contributed by atoms with van der Waals surface area (Å²) >= 11 is 0. The summed E-state index contributed by atoms with van der Waals surface area (Å²) in [4.78, 5) is 20.3. The lowest BCUT2D eigenvalue weighted by Gasteiger charge is -2.09. The minimum Gasteiger partial charge on any atom is -0.508 e. The zero-order chi connectivity index (χ0) is 18.4. The maximum atomic E-state index is 12.2. The lowest BCUT2D eigenvalue weighted by atomic mass is 10.2. The van der Waals surface area contributed by atoms with E-state index in [1.807, 2.05) is 0 Å². The van der Waals surface area contributed by atoms with Crippen LogP contribution in [0.25, 0.3) is 0 Å². The molecule has 0 aliphatic rings. The molecule has 0 atom stereocenters.